The van der Waals surface area contributed by atoms with Crippen LogP contribution in [0.3, 0.4) is 0 Å². The van der Waals surface area contributed by atoms with Crippen LogP contribution in [0.25, 0.3) is 5.69 Å². The monoisotopic (exact) mass is 374 g/mol. The van der Waals surface area contributed by atoms with Gasteiger partial charge in [0, 0.05) is 31.4 Å². The van der Waals surface area contributed by atoms with Crippen molar-refractivity contribution >= 4 is 17.5 Å². The van der Waals surface area contributed by atoms with Crippen LogP contribution in [-0.2, 0) is 0 Å². The second kappa shape index (κ2) is 8.23. The Bertz CT molecular complexity index is 773. The van der Waals surface area contributed by atoms with Crippen LogP contribution in [0, 0.1) is 12.8 Å². The molecule has 2 heterocycles. The maximum Gasteiger partial charge on any atom is 0.274 e. The first-order chi connectivity index (χ1) is 12.5. The number of nitrogens with zero attached hydrogens (tertiary/aromatic N) is 4. The van der Waals surface area contributed by atoms with Crippen molar-refractivity contribution in [2.24, 2.45) is 5.92 Å². The lowest BCUT2D eigenvalue weighted by Crippen LogP contribution is -2.32. The van der Waals surface area contributed by atoms with Crippen LogP contribution in [0.2, 0.25) is 5.02 Å². The van der Waals surface area contributed by atoms with Gasteiger partial charge < -0.3 is 9.80 Å². The molecule has 0 unspecified atom stereocenters. The summed E-state index contributed by atoms with van der Waals surface area (Å²) in [5, 5.41) is 5.15. The van der Waals surface area contributed by atoms with E-state index in [1.54, 1.807) is 4.68 Å². The molecule has 1 amide bonds. The largest absolute Gasteiger partial charge is 0.337 e. The highest BCUT2D eigenvalue weighted by Crippen LogP contribution is 2.23. The van der Waals surface area contributed by atoms with Crippen LogP contribution in [-0.4, -0.2) is 58.7 Å². The molecule has 2 aromatic rings. The fourth-order valence-corrected chi connectivity index (χ4v) is 3.88. The van der Waals surface area contributed by atoms with Crippen molar-refractivity contribution in [3.8, 4) is 5.69 Å². The predicted molar refractivity (Wildman–Crippen MR) is 105 cm³/mol. The quantitative estimate of drug-likeness (QED) is 0.775. The molecule has 0 aliphatic carbocycles. The molecule has 1 aliphatic heterocycles. The van der Waals surface area contributed by atoms with Gasteiger partial charge in [0.25, 0.3) is 5.91 Å². The Morgan fingerprint density at radius 1 is 1.38 bits per heavy atom. The van der Waals surface area contributed by atoms with E-state index in [0.717, 1.165) is 50.3 Å². The Morgan fingerprint density at radius 2 is 2.15 bits per heavy atom. The van der Waals surface area contributed by atoms with Crippen molar-refractivity contribution in [2.45, 2.75) is 26.7 Å². The standard InChI is InChI=1S/C20H27ClN4O/c1-4-10-23(3)13-16-9-11-24(14-16)20(26)19-15(2)12-25(22-19)18-8-6-5-7-17(18)21/h5-8,12,16H,4,9-11,13-14H2,1-3H3/t16-/m1/s1. The van der Waals surface area contributed by atoms with Crippen molar-refractivity contribution in [1.82, 2.24) is 19.6 Å². The minimum atomic E-state index is 0.0222. The summed E-state index contributed by atoms with van der Waals surface area (Å²) in [7, 11) is 2.16. The fraction of sp³-hybridized carbons (Fsp3) is 0.500. The van der Waals surface area contributed by atoms with Crippen molar-refractivity contribution in [1.29, 1.82) is 0 Å². The molecule has 26 heavy (non-hydrogen) atoms. The average molecular weight is 375 g/mol. The molecule has 5 nitrogen and oxygen atoms in total. The lowest BCUT2D eigenvalue weighted by Gasteiger charge is -2.20. The molecule has 1 aliphatic rings. The number of amides is 1. The maximum atomic E-state index is 13.0. The Balaban J connectivity index is 1.70. The molecule has 6 heteroatoms. The average Bonchev–Trinajstić information content (AvgIpc) is 3.22. The number of carbonyl (C=O) groups excluding carboxylic acids is 1. The molecule has 1 aromatic heterocycles. The van der Waals surface area contributed by atoms with E-state index >= 15 is 0 Å². The zero-order valence-electron chi connectivity index (χ0n) is 15.8. The first kappa shape index (κ1) is 18.9. The van der Waals surface area contributed by atoms with E-state index in [9.17, 15) is 4.79 Å². The van der Waals surface area contributed by atoms with E-state index in [1.807, 2.05) is 42.3 Å². The highest BCUT2D eigenvalue weighted by molar-refractivity contribution is 6.32. The van der Waals surface area contributed by atoms with Gasteiger partial charge in [0.1, 0.15) is 0 Å². The van der Waals surface area contributed by atoms with Crippen molar-refractivity contribution < 1.29 is 4.79 Å². The van der Waals surface area contributed by atoms with E-state index < -0.39 is 0 Å². The third-order valence-electron chi connectivity index (χ3n) is 4.95. The lowest BCUT2D eigenvalue weighted by molar-refractivity contribution is 0.0777. The summed E-state index contributed by atoms with van der Waals surface area (Å²) in [5.74, 6) is 0.565. The van der Waals surface area contributed by atoms with E-state index in [4.69, 9.17) is 11.6 Å². The number of halogens is 1. The third kappa shape index (κ3) is 4.10. The van der Waals surface area contributed by atoms with Crippen molar-refractivity contribution in [2.75, 3.05) is 33.2 Å². The Labute approximate surface area is 160 Å². The lowest BCUT2D eigenvalue weighted by atomic mass is 10.1. The third-order valence-corrected chi connectivity index (χ3v) is 5.27. The predicted octanol–water partition coefficient (Wildman–Crippen LogP) is 3.64. The summed E-state index contributed by atoms with van der Waals surface area (Å²) in [5.41, 5.74) is 2.19. The molecule has 1 atom stereocenters. The number of para-hydroxylation sites is 1. The summed E-state index contributed by atoms with van der Waals surface area (Å²) >= 11 is 6.26. The molecule has 0 spiro atoms. The number of hydrogen-bond acceptors (Lipinski definition) is 3. The zero-order valence-corrected chi connectivity index (χ0v) is 16.5. The topological polar surface area (TPSA) is 41.4 Å². The zero-order chi connectivity index (χ0) is 18.7. The Morgan fingerprint density at radius 3 is 2.88 bits per heavy atom. The number of likely N-dealkylation sites (tertiary alicyclic amines) is 1. The molecule has 0 bridgehead atoms. The molecule has 140 valence electrons. The van der Waals surface area contributed by atoms with Gasteiger partial charge in [-0.05, 0) is 51.4 Å². The molecule has 0 N–H and O–H groups in total. The second-order valence-electron chi connectivity index (χ2n) is 7.22. The minimum Gasteiger partial charge on any atom is -0.337 e. The molecule has 0 radical (unpaired) electrons. The first-order valence-corrected chi connectivity index (χ1v) is 9.66. The van der Waals surface area contributed by atoms with Gasteiger partial charge in [-0.15, -0.1) is 0 Å². The van der Waals surface area contributed by atoms with Gasteiger partial charge >= 0.3 is 0 Å². The van der Waals surface area contributed by atoms with Gasteiger partial charge in [-0.3, -0.25) is 4.79 Å². The molecule has 1 fully saturated rings. The number of carbonyl (C=O) groups is 1. The van der Waals surface area contributed by atoms with E-state index in [2.05, 4.69) is 24.0 Å². The van der Waals surface area contributed by atoms with Gasteiger partial charge in [0.15, 0.2) is 5.69 Å². The van der Waals surface area contributed by atoms with Crippen molar-refractivity contribution in [3.63, 3.8) is 0 Å². The second-order valence-corrected chi connectivity index (χ2v) is 7.63. The van der Waals surface area contributed by atoms with Crippen LogP contribution < -0.4 is 0 Å². The highest BCUT2D eigenvalue weighted by atomic mass is 35.5. The maximum absolute atomic E-state index is 13.0. The Hall–Kier alpha value is -1.85. The molecule has 1 aromatic carbocycles. The SMILES string of the molecule is CCCN(C)C[C@H]1CCN(C(=O)c2nn(-c3ccccc3Cl)cc2C)C1. The minimum absolute atomic E-state index is 0.0222. The molecule has 3 rings (SSSR count). The van der Waals surface area contributed by atoms with Crippen LogP contribution in [0.1, 0.15) is 35.8 Å². The van der Waals surface area contributed by atoms with Gasteiger partial charge in [-0.2, -0.15) is 5.10 Å². The number of rotatable bonds is 6. The summed E-state index contributed by atoms with van der Waals surface area (Å²) in [4.78, 5) is 17.3. The van der Waals surface area contributed by atoms with Crippen molar-refractivity contribution in [3.05, 3.63) is 46.7 Å². The van der Waals surface area contributed by atoms with E-state index in [1.165, 1.54) is 0 Å². The molecular weight excluding hydrogens is 348 g/mol. The van der Waals surface area contributed by atoms with Crippen LogP contribution in [0.15, 0.2) is 30.5 Å². The van der Waals surface area contributed by atoms with Crippen LogP contribution >= 0.6 is 11.6 Å². The molecule has 0 saturated carbocycles. The number of benzene rings is 1. The normalized spacial score (nSPS) is 17.3. The summed E-state index contributed by atoms with van der Waals surface area (Å²) in [6.07, 6.45) is 4.09. The summed E-state index contributed by atoms with van der Waals surface area (Å²) < 4.78 is 1.70. The first-order valence-electron chi connectivity index (χ1n) is 9.28. The molecular formula is C20H27ClN4O. The smallest absolute Gasteiger partial charge is 0.274 e. The summed E-state index contributed by atoms with van der Waals surface area (Å²) in [6.45, 7) is 7.89. The van der Waals surface area contributed by atoms with Gasteiger partial charge in [-0.1, -0.05) is 30.7 Å². The van der Waals surface area contributed by atoms with E-state index in [0.29, 0.717) is 16.6 Å². The number of hydrogen-bond donors (Lipinski definition) is 0. The van der Waals surface area contributed by atoms with Gasteiger partial charge in [0.2, 0.25) is 0 Å². The van der Waals surface area contributed by atoms with E-state index in [-0.39, 0.29) is 5.91 Å². The van der Waals surface area contributed by atoms with Crippen LogP contribution in [0.4, 0.5) is 0 Å². The Kier molecular flexibility index (Phi) is 5.99. The summed E-state index contributed by atoms with van der Waals surface area (Å²) in [6, 6.07) is 7.53. The number of aryl methyl sites for hydroxylation is 1. The fourth-order valence-electron chi connectivity index (χ4n) is 3.66. The van der Waals surface area contributed by atoms with Gasteiger partial charge in [-0.25, -0.2) is 4.68 Å². The molecule has 1 saturated heterocycles. The number of aromatic nitrogens is 2. The van der Waals surface area contributed by atoms with Crippen LogP contribution in [0.5, 0.6) is 0 Å². The highest BCUT2D eigenvalue weighted by Gasteiger charge is 2.29. The van der Waals surface area contributed by atoms with Gasteiger partial charge in [0.05, 0.1) is 10.7 Å².